The molecular formula is C27H22F2N2O3. The van der Waals surface area contributed by atoms with Crippen molar-refractivity contribution >= 4 is 22.6 Å². The number of carbonyl (C=O) groups excluding carboxylic acids is 1. The number of aromatic nitrogens is 1. The summed E-state index contributed by atoms with van der Waals surface area (Å²) in [6, 6.07) is 17.9. The normalized spacial score (nSPS) is 11.9. The number of benzene rings is 3. The van der Waals surface area contributed by atoms with E-state index in [1.807, 2.05) is 24.3 Å². The first-order valence-corrected chi connectivity index (χ1v) is 10.8. The molecule has 0 unspecified atom stereocenters. The Morgan fingerprint density at radius 2 is 1.74 bits per heavy atom. The summed E-state index contributed by atoms with van der Waals surface area (Å²) >= 11 is 0. The van der Waals surface area contributed by atoms with Crippen LogP contribution in [0, 0.1) is 11.6 Å². The third-order valence-corrected chi connectivity index (χ3v) is 5.72. The van der Waals surface area contributed by atoms with Crippen molar-refractivity contribution in [1.29, 1.82) is 0 Å². The fraction of sp³-hybridized carbons (Fsp3) is 0.148. The SMILES string of the molecule is CC[C@H](c1ccc(F)cc1F)N(Cc1cccc(C(=O)O)c1)C(=O)c1cc2ccccc2cn1. The second-order valence-corrected chi connectivity index (χ2v) is 7.95. The van der Waals surface area contributed by atoms with Crippen molar-refractivity contribution in [2.24, 2.45) is 0 Å². The van der Waals surface area contributed by atoms with Gasteiger partial charge in [0, 0.05) is 29.8 Å². The predicted molar refractivity (Wildman–Crippen MR) is 124 cm³/mol. The smallest absolute Gasteiger partial charge is 0.335 e. The second kappa shape index (κ2) is 9.79. The molecule has 0 aliphatic carbocycles. The maximum Gasteiger partial charge on any atom is 0.335 e. The maximum absolute atomic E-state index is 14.8. The molecule has 1 aromatic heterocycles. The van der Waals surface area contributed by atoms with Crippen LogP contribution in [0.15, 0.2) is 79.0 Å². The van der Waals surface area contributed by atoms with Gasteiger partial charge in [-0.15, -0.1) is 0 Å². The van der Waals surface area contributed by atoms with Gasteiger partial charge in [0.2, 0.25) is 0 Å². The highest BCUT2D eigenvalue weighted by atomic mass is 19.1. The Labute approximate surface area is 195 Å². The van der Waals surface area contributed by atoms with Crippen molar-refractivity contribution in [3.05, 3.63) is 113 Å². The van der Waals surface area contributed by atoms with Crippen LogP contribution >= 0.6 is 0 Å². The molecule has 0 spiro atoms. The quantitative estimate of drug-likeness (QED) is 0.367. The minimum absolute atomic E-state index is 0.0176. The van der Waals surface area contributed by atoms with E-state index in [-0.39, 0.29) is 23.4 Å². The molecule has 0 saturated carbocycles. The summed E-state index contributed by atoms with van der Waals surface area (Å²) in [5.74, 6) is -3.00. The lowest BCUT2D eigenvalue weighted by Gasteiger charge is -2.32. The van der Waals surface area contributed by atoms with Gasteiger partial charge in [0.1, 0.15) is 17.3 Å². The minimum atomic E-state index is -1.09. The number of hydrogen-bond donors (Lipinski definition) is 1. The van der Waals surface area contributed by atoms with Gasteiger partial charge in [0.25, 0.3) is 5.91 Å². The summed E-state index contributed by atoms with van der Waals surface area (Å²) in [6.45, 7) is 1.82. The Morgan fingerprint density at radius 3 is 2.44 bits per heavy atom. The number of fused-ring (bicyclic) bond motifs is 1. The van der Waals surface area contributed by atoms with Crippen molar-refractivity contribution in [2.45, 2.75) is 25.9 Å². The highest BCUT2D eigenvalue weighted by Gasteiger charge is 2.28. The lowest BCUT2D eigenvalue weighted by Crippen LogP contribution is -2.35. The van der Waals surface area contributed by atoms with Crippen LogP contribution < -0.4 is 0 Å². The van der Waals surface area contributed by atoms with E-state index in [1.165, 1.54) is 23.1 Å². The summed E-state index contributed by atoms with van der Waals surface area (Å²) in [4.78, 5) is 30.9. The summed E-state index contributed by atoms with van der Waals surface area (Å²) in [5.41, 5.74) is 0.992. The van der Waals surface area contributed by atoms with E-state index in [4.69, 9.17) is 0 Å². The van der Waals surface area contributed by atoms with Crippen LogP contribution in [0.3, 0.4) is 0 Å². The molecule has 4 aromatic rings. The minimum Gasteiger partial charge on any atom is -0.478 e. The zero-order chi connectivity index (χ0) is 24.2. The largest absolute Gasteiger partial charge is 0.478 e. The Hall–Kier alpha value is -4.13. The molecule has 1 atom stereocenters. The molecule has 0 fully saturated rings. The van der Waals surface area contributed by atoms with Crippen molar-refractivity contribution in [2.75, 3.05) is 0 Å². The first-order chi connectivity index (χ1) is 16.4. The maximum atomic E-state index is 14.8. The van der Waals surface area contributed by atoms with Gasteiger partial charge in [0.15, 0.2) is 0 Å². The van der Waals surface area contributed by atoms with E-state index in [0.29, 0.717) is 12.0 Å². The van der Waals surface area contributed by atoms with Crippen LogP contribution in [0.1, 0.15) is 51.4 Å². The van der Waals surface area contributed by atoms with Crippen molar-refractivity contribution in [1.82, 2.24) is 9.88 Å². The van der Waals surface area contributed by atoms with Crippen LogP contribution in [0.5, 0.6) is 0 Å². The predicted octanol–water partition coefficient (Wildman–Crippen LogP) is 6.00. The number of amides is 1. The Bertz CT molecular complexity index is 1370. The molecule has 3 aromatic carbocycles. The second-order valence-electron chi connectivity index (χ2n) is 7.95. The molecule has 7 heteroatoms. The molecule has 0 aliphatic rings. The van der Waals surface area contributed by atoms with Crippen molar-refractivity contribution in [3.8, 4) is 0 Å². The van der Waals surface area contributed by atoms with E-state index in [0.717, 1.165) is 22.9 Å². The number of carbonyl (C=O) groups is 2. The van der Waals surface area contributed by atoms with Gasteiger partial charge < -0.3 is 10.0 Å². The average Bonchev–Trinajstić information content (AvgIpc) is 2.84. The van der Waals surface area contributed by atoms with E-state index >= 15 is 0 Å². The first kappa shape index (κ1) is 23.0. The number of rotatable bonds is 7. The van der Waals surface area contributed by atoms with Crippen LogP contribution in [0.2, 0.25) is 0 Å². The van der Waals surface area contributed by atoms with Crippen molar-refractivity contribution in [3.63, 3.8) is 0 Å². The highest BCUT2D eigenvalue weighted by Crippen LogP contribution is 2.30. The molecule has 34 heavy (non-hydrogen) atoms. The monoisotopic (exact) mass is 460 g/mol. The summed E-state index contributed by atoms with van der Waals surface area (Å²) < 4.78 is 28.3. The van der Waals surface area contributed by atoms with Gasteiger partial charge >= 0.3 is 5.97 Å². The summed E-state index contributed by atoms with van der Waals surface area (Å²) in [6.07, 6.45) is 1.95. The third kappa shape index (κ3) is 4.78. The molecule has 1 heterocycles. The Morgan fingerprint density at radius 1 is 0.971 bits per heavy atom. The third-order valence-electron chi connectivity index (χ3n) is 5.72. The number of pyridine rings is 1. The number of halogens is 2. The molecule has 1 N–H and O–H groups in total. The van der Waals surface area contributed by atoms with Gasteiger partial charge in [0.05, 0.1) is 11.6 Å². The van der Waals surface area contributed by atoms with Crippen LogP contribution in [0.4, 0.5) is 8.78 Å². The molecular weight excluding hydrogens is 438 g/mol. The standard InChI is InChI=1S/C27H22F2N2O3/c1-2-25(22-11-10-21(28)14-23(22)29)31(16-17-6-5-9-19(12-17)27(33)34)26(32)24-13-18-7-3-4-8-20(18)15-30-24/h3-15,25H,2,16H2,1H3,(H,33,34)/t25-/m1/s1. The van der Waals surface area contributed by atoms with Gasteiger partial charge in [-0.3, -0.25) is 9.78 Å². The molecule has 0 bridgehead atoms. The lowest BCUT2D eigenvalue weighted by molar-refractivity contribution is 0.0643. The van der Waals surface area contributed by atoms with Gasteiger partial charge in [-0.05, 0) is 41.6 Å². The van der Waals surface area contributed by atoms with E-state index in [2.05, 4.69) is 4.98 Å². The van der Waals surface area contributed by atoms with Crippen LogP contribution in [0.25, 0.3) is 10.8 Å². The first-order valence-electron chi connectivity index (χ1n) is 10.8. The molecule has 0 radical (unpaired) electrons. The fourth-order valence-electron chi connectivity index (χ4n) is 4.05. The number of aromatic carboxylic acids is 1. The van der Waals surface area contributed by atoms with Gasteiger partial charge in [-0.2, -0.15) is 0 Å². The average molecular weight is 460 g/mol. The van der Waals surface area contributed by atoms with Crippen molar-refractivity contribution < 1.29 is 23.5 Å². The zero-order valence-corrected chi connectivity index (χ0v) is 18.4. The molecule has 172 valence electrons. The van der Waals surface area contributed by atoms with Gasteiger partial charge in [-0.1, -0.05) is 49.4 Å². The highest BCUT2D eigenvalue weighted by molar-refractivity contribution is 5.96. The zero-order valence-electron chi connectivity index (χ0n) is 18.4. The topological polar surface area (TPSA) is 70.5 Å². The molecule has 1 amide bonds. The Balaban J connectivity index is 1.79. The number of carboxylic acids is 1. The van der Waals surface area contributed by atoms with E-state index in [9.17, 15) is 23.5 Å². The van der Waals surface area contributed by atoms with Crippen LogP contribution in [-0.4, -0.2) is 26.9 Å². The summed E-state index contributed by atoms with van der Waals surface area (Å²) in [7, 11) is 0. The Kier molecular flexibility index (Phi) is 6.63. The number of carboxylic acid groups (broad SMARTS) is 1. The van der Waals surface area contributed by atoms with Crippen LogP contribution in [-0.2, 0) is 6.54 Å². The molecule has 5 nitrogen and oxygen atoms in total. The summed E-state index contributed by atoms with van der Waals surface area (Å²) in [5, 5.41) is 11.1. The number of hydrogen-bond acceptors (Lipinski definition) is 3. The molecule has 4 rings (SSSR count). The number of nitrogens with zero attached hydrogens (tertiary/aromatic N) is 2. The fourth-order valence-corrected chi connectivity index (χ4v) is 4.05. The van der Waals surface area contributed by atoms with E-state index < -0.39 is 29.6 Å². The molecule has 0 saturated heterocycles. The van der Waals surface area contributed by atoms with E-state index in [1.54, 1.807) is 31.3 Å². The molecule has 0 aliphatic heterocycles. The van der Waals surface area contributed by atoms with Gasteiger partial charge in [-0.25, -0.2) is 13.6 Å². The lowest BCUT2D eigenvalue weighted by atomic mass is 9.99.